The van der Waals surface area contributed by atoms with E-state index < -0.39 is 0 Å². The summed E-state index contributed by atoms with van der Waals surface area (Å²) in [5, 5.41) is 0. The number of hydrogen-bond acceptors (Lipinski definition) is 0. The van der Waals surface area contributed by atoms with Crippen LogP contribution in [-0.2, 0) is 6.42 Å². The molecule has 1 aromatic carbocycles. The molecule has 0 saturated heterocycles. The molecule has 0 N–H and O–H groups in total. The molecule has 0 saturated carbocycles. The van der Waals surface area contributed by atoms with Crippen molar-refractivity contribution in [1.82, 2.24) is 0 Å². The van der Waals surface area contributed by atoms with Gasteiger partial charge in [0.25, 0.3) is 0 Å². The average molecular weight is 331 g/mol. The summed E-state index contributed by atoms with van der Waals surface area (Å²) in [5.74, 6) is 0. The molecule has 0 unspecified atom stereocenters. The van der Waals surface area contributed by atoms with E-state index in [9.17, 15) is 0 Å². The Kier molecular flexibility index (Phi) is 20.2. The van der Waals surface area contributed by atoms with Crippen molar-refractivity contribution in [2.75, 3.05) is 0 Å². The fraction of sp³-hybridized carbons (Fsp3) is 0.500. The molecule has 0 heteroatoms. The van der Waals surface area contributed by atoms with E-state index in [4.69, 9.17) is 0 Å². The van der Waals surface area contributed by atoms with Crippen molar-refractivity contribution in [2.24, 2.45) is 0 Å². The molecule has 0 heterocycles. The van der Waals surface area contributed by atoms with Gasteiger partial charge in [0, 0.05) is 0 Å². The first-order valence-corrected chi connectivity index (χ1v) is 9.15. The van der Waals surface area contributed by atoms with Gasteiger partial charge in [-0.2, -0.15) is 0 Å². The zero-order valence-electron chi connectivity index (χ0n) is 18.1. The van der Waals surface area contributed by atoms with Crippen LogP contribution in [0.5, 0.6) is 0 Å². The second kappa shape index (κ2) is 17.8. The van der Waals surface area contributed by atoms with Crippen molar-refractivity contribution in [3.63, 3.8) is 0 Å². The third-order valence-corrected chi connectivity index (χ3v) is 3.52. The Morgan fingerprint density at radius 2 is 1.21 bits per heavy atom. The third kappa shape index (κ3) is 18.5. The minimum atomic E-state index is 1.11. The summed E-state index contributed by atoms with van der Waals surface area (Å²) >= 11 is 0. The lowest BCUT2D eigenvalue weighted by Crippen LogP contribution is -1.78. The van der Waals surface area contributed by atoms with E-state index in [1.807, 2.05) is 27.7 Å². The number of aryl methyl sites for hydroxylation is 2. The molecule has 0 bridgehead atoms. The minimum Gasteiger partial charge on any atom is -0.100 e. The monoisotopic (exact) mass is 330 g/mol. The lowest BCUT2D eigenvalue weighted by atomic mass is 10.1. The van der Waals surface area contributed by atoms with E-state index in [0.717, 1.165) is 12.8 Å². The van der Waals surface area contributed by atoms with Gasteiger partial charge in [-0.3, -0.25) is 0 Å². The molecular formula is C24H42. The van der Waals surface area contributed by atoms with Gasteiger partial charge in [-0.05, 0) is 59.9 Å². The fourth-order valence-corrected chi connectivity index (χ4v) is 1.25. The summed E-state index contributed by atoms with van der Waals surface area (Å²) < 4.78 is 0. The van der Waals surface area contributed by atoms with Crippen LogP contribution in [0.15, 0.2) is 59.7 Å². The quantitative estimate of drug-likeness (QED) is 0.385. The molecule has 1 rings (SSSR count). The molecule has 0 atom stereocenters. The molecule has 0 aliphatic rings. The second-order valence-corrected chi connectivity index (χ2v) is 6.06. The van der Waals surface area contributed by atoms with Crippen LogP contribution < -0.4 is 0 Å². The number of allylic oxidation sites excluding steroid dienone is 4. The predicted molar refractivity (Wildman–Crippen MR) is 116 cm³/mol. The van der Waals surface area contributed by atoms with Gasteiger partial charge in [0.05, 0.1) is 0 Å². The van der Waals surface area contributed by atoms with Crippen molar-refractivity contribution in [3.8, 4) is 0 Å². The van der Waals surface area contributed by atoms with Crippen LogP contribution in [-0.4, -0.2) is 0 Å². The van der Waals surface area contributed by atoms with E-state index in [2.05, 4.69) is 79.0 Å². The van der Waals surface area contributed by atoms with E-state index in [-0.39, 0.29) is 0 Å². The Bertz CT molecular complexity index is 465. The first-order chi connectivity index (χ1) is 11.1. The lowest BCUT2D eigenvalue weighted by Gasteiger charge is -1.99. The van der Waals surface area contributed by atoms with Gasteiger partial charge in [-0.1, -0.05) is 86.4 Å². The first kappa shape index (κ1) is 27.3. The molecule has 0 aliphatic carbocycles. The van der Waals surface area contributed by atoms with Crippen molar-refractivity contribution in [2.45, 2.75) is 82.1 Å². The minimum absolute atomic E-state index is 1.11. The summed E-state index contributed by atoms with van der Waals surface area (Å²) in [6, 6.07) is 8.66. The molecule has 0 spiro atoms. The standard InChI is InChI=1S/C9H12.C8H14.C5H10.C2H6/c1-3-9-6-4-8(2)5-7-9;1-6(2)8(5)7(3)4;1-4-5(2)3;1-2/h4-7H,3H2,1-2H3;1H2,2-5H3;2,4H2,1,3H3;1-2H3. The maximum absolute atomic E-state index is 3.82. The predicted octanol–water partition coefficient (Wildman–Crippen LogP) is 8.47. The second-order valence-electron chi connectivity index (χ2n) is 6.06. The van der Waals surface area contributed by atoms with Gasteiger partial charge in [-0.25, -0.2) is 0 Å². The summed E-state index contributed by atoms with van der Waals surface area (Å²) in [6.45, 7) is 28.2. The average Bonchev–Trinajstić information content (AvgIpc) is 2.57. The SMILES string of the molecule is C=C(C)C(C)=C(C)C.C=C(C)CC.CC.CCc1ccc(C)cc1. The zero-order chi connectivity index (χ0) is 19.7. The highest BCUT2D eigenvalue weighted by Crippen LogP contribution is 2.09. The Hall–Kier alpha value is -1.56. The van der Waals surface area contributed by atoms with Crippen LogP contribution >= 0.6 is 0 Å². The van der Waals surface area contributed by atoms with Crippen molar-refractivity contribution >= 4 is 0 Å². The molecule has 138 valence electrons. The number of hydrogen-bond donors (Lipinski definition) is 0. The molecule has 1 aromatic rings. The van der Waals surface area contributed by atoms with Gasteiger partial charge in [0.1, 0.15) is 0 Å². The van der Waals surface area contributed by atoms with Crippen LogP contribution in [0.2, 0.25) is 0 Å². The lowest BCUT2D eigenvalue weighted by molar-refractivity contribution is 1.11. The van der Waals surface area contributed by atoms with E-state index in [1.54, 1.807) is 0 Å². The van der Waals surface area contributed by atoms with Gasteiger partial charge >= 0.3 is 0 Å². The summed E-state index contributed by atoms with van der Waals surface area (Å²) in [7, 11) is 0. The van der Waals surface area contributed by atoms with Crippen LogP contribution in [0.3, 0.4) is 0 Å². The van der Waals surface area contributed by atoms with Crippen LogP contribution in [0.25, 0.3) is 0 Å². The smallest absolute Gasteiger partial charge is 0.0307 e. The number of rotatable bonds is 3. The molecule has 0 amide bonds. The Balaban J connectivity index is -0.000000272. The largest absolute Gasteiger partial charge is 0.100 e. The zero-order valence-corrected chi connectivity index (χ0v) is 18.1. The summed E-state index contributed by atoms with van der Waals surface area (Å²) in [5.41, 5.74) is 7.87. The van der Waals surface area contributed by atoms with Crippen molar-refractivity contribution in [1.29, 1.82) is 0 Å². The molecule has 0 aromatic heterocycles. The van der Waals surface area contributed by atoms with E-state index >= 15 is 0 Å². The third-order valence-electron chi connectivity index (χ3n) is 3.52. The molecule has 0 nitrogen and oxygen atoms in total. The topological polar surface area (TPSA) is 0 Å². The van der Waals surface area contributed by atoms with Gasteiger partial charge < -0.3 is 0 Å². The molecular weight excluding hydrogens is 288 g/mol. The fourth-order valence-electron chi connectivity index (χ4n) is 1.25. The van der Waals surface area contributed by atoms with Gasteiger partial charge in [0.2, 0.25) is 0 Å². The summed E-state index contributed by atoms with van der Waals surface area (Å²) in [4.78, 5) is 0. The normalized spacial score (nSPS) is 8.25. The van der Waals surface area contributed by atoms with Crippen LogP contribution in [0.4, 0.5) is 0 Å². The van der Waals surface area contributed by atoms with Crippen LogP contribution in [0.1, 0.15) is 79.9 Å². The molecule has 0 radical (unpaired) electrons. The highest BCUT2D eigenvalue weighted by molar-refractivity contribution is 5.27. The highest BCUT2D eigenvalue weighted by atomic mass is 14.0. The molecule has 0 aliphatic heterocycles. The van der Waals surface area contributed by atoms with Crippen molar-refractivity contribution in [3.05, 3.63) is 70.8 Å². The Morgan fingerprint density at radius 3 is 1.38 bits per heavy atom. The van der Waals surface area contributed by atoms with Crippen molar-refractivity contribution < 1.29 is 0 Å². The highest BCUT2D eigenvalue weighted by Gasteiger charge is 1.89. The molecule has 0 fully saturated rings. The van der Waals surface area contributed by atoms with Crippen LogP contribution in [0, 0.1) is 6.92 Å². The first-order valence-electron chi connectivity index (χ1n) is 9.15. The van der Waals surface area contributed by atoms with Gasteiger partial charge in [0.15, 0.2) is 0 Å². The maximum atomic E-state index is 3.82. The van der Waals surface area contributed by atoms with E-state index in [1.165, 1.54) is 33.4 Å². The van der Waals surface area contributed by atoms with E-state index in [0.29, 0.717) is 0 Å². The maximum Gasteiger partial charge on any atom is -0.0307 e. The molecule has 24 heavy (non-hydrogen) atoms. The Morgan fingerprint density at radius 1 is 0.833 bits per heavy atom. The summed E-state index contributed by atoms with van der Waals surface area (Å²) in [6.07, 6.45) is 2.25. The number of benzene rings is 1. The Labute approximate surface area is 153 Å². The van der Waals surface area contributed by atoms with Gasteiger partial charge in [-0.15, -0.1) is 6.58 Å².